The highest BCUT2D eigenvalue weighted by Crippen LogP contribution is 2.20. The Morgan fingerprint density at radius 3 is 2.47 bits per heavy atom. The van der Waals surface area contributed by atoms with Crippen LogP contribution in [0.15, 0.2) is 59.4 Å². The van der Waals surface area contributed by atoms with Crippen molar-refractivity contribution in [2.24, 2.45) is 0 Å². The maximum atomic E-state index is 12.0. The van der Waals surface area contributed by atoms with Crippen LogP contribution in [0.2, 0.25) is 0 Å². The van der Waals surface area contributed by atoms with Crippen molar-refractivity contribution < 1.29 is 5.11 Å². The van der Waals surface area contributed by atoms with Gasteiger partial charge < -0.3 is 10.1 Å². The summed E-state index contributed by atoms with van der Waals surface area (Å²) in [5, 5.41) is 10.6. The first kappa shape index (κ1) is 11.7. The first-order valence-corrected chi connectivity index (χ1v) is 6.10. The van der Waals surface area contributed by atoms with E-state index in [4.69, 9.17) is 5.11 Å². The zero-order valence-corrected chi connectivity index (χ0v) is 10.3. The third-order valence-corrected chi connectivity index (χ3v) is 3.20. The molecule has 2 aromatic carbocycles. The Kier molecular flexibility index (Phi) is 2.89. The summed E-state index contributed by atoms with van der Waals surface area (Å²) in [6.07, 6.45) is 0. The third-order valence-electron chi connectivity index (χ3n) is 3.20. The SMILES string of the molecule is O=c1[nH]c(-c2ccc(CO)cc2)cc2ccccc12. The molecule has 94 valence electrons. The number of benzene rings is 2. The number of pyridine rings is 1. The number of aromatic amines is 1. The first-order valence-electron chi connectivity index (χ1n) is 6.10. The minimum atomic E-state index is -0.0839. The number of aliphatic hydroxyl groups excluding tert-OH is 1. The van der Waals surface area contributed by atoms with Crippen LogP contribution in [0.3, 0.4) is 0 Å². The zero-order valence-electron chi connectivity index (χ0n) is 10.3. The second kappa shape index (κ2) is 4.71. The van der Waals surface area contributed by atoms with Crippen LogP contribution in [0.1, 0.15) is 5.56 Å². The van der Waals surface area contributed by atoms with Crippen molar-refractivity contribution in [3.8, 4) is 11.3 Å². The van der Waals surface area contributed by atoms with E-state index in [-0.39, 0.29) is 12.2 Å². The lowest BCUT2D eigenvalue weighted by atomic mass is 10.1. The summed E-state index contributed by atoms with van der Waals surface area (Å²) in [4.78, 5) is 14.9. The van der Waals surface area contributed by atoms with Crippen molar-refractivity contribution in [1.82, 2.24) is 4.98 Å². The molecule has 0 fully saturated rings. The van der Waals surface area contributed by atoms with Crippen molar-refractivity contribution in [3.05, 3.63) is 70.5 Å². The Hall–Kier alpha value is -2.39. The molecular formula is C16H13NO2. The summed E-state index contributed by atoms with van der Waals surface area (Å²) in [6, 6.07) is 17.0. The highest BCUT2D eigenvalue weighted by molar-refractivity contribution is 5.84. The largest absolute Gasteiger partial charge is 0.392 e. The molecule has 0 saturated carbocycles. The maximum absolute atomic E-state index is 12.0. The number of hydrogen-bond acceptors (Lipinski definition) is 2. The van der Waals surface area contributed by atoms with Gasteiger partial charge in [-0.15, -0.1) is 0 Å². The number of nitrogens with one attached hydrogen (secondary N) is 1. The summed E-state index contributed by atoms with van der Waals surface area (Å²) >= 11 is 0. The van der Waals surface area contributed by atoms with E-state index in [0.717, 1.165) is 22.2 Å². The van der Waals surface area contributed by atoms with Crippen LogP contribution in [-0.4, -0.2) is 10.1 Å². The molecule has 2 N–H and O–H groups in total. The fourth-order valence-corrected chi connectivity index (χ4v) is 2.16. The van der Waals surface area contributed by atoms with E-state index in [2.05, 4.69) is 4.98 Å². The molecule has 3 heteroatoms. The van der Waals surface area contributed by atoms with E-state index in [1.807, 2.05) is 54.6 Å². The smallest absolute Gasteiger partial charge is 0.256 e. The fraction of sp³-hybridized carbons (Fsp3) is 0.0625. The van der Waals surface area contributed by atoms with E-state index in [1.54, 1.807) is 0 Å². The fourth-order valence-electron chi connectivity index (χ4n) is 2.16. The maximum Gasteiger partial charge on any atom is 0.256 e. The van der Waals surface area contributed by atoms with Crippen LogP contribution in [-0.2, 0) is 6.61 Å². The molecular weight excluding hydrogens is 238 g/mol. The van der Waals surface area contributed by atoms with Gasteiger partial charge in [0.1, 0.15) is 0 Å². The van der Waals surface area contributed by atoms with Crippen molar-refractivity contribution in [2.45, 2.75) is 6.61 Å². The summed E-state index contributed by atoms with van der Waals surface area (Å²) in [6.45, 7) is 0.0223. The predicted molar refractivity (Wildman–Crippen MR) is 75.9 cm³/mol. The second-order valence-electron chi connectivity index (χ2n) is 4.45. The average molecular weight is 251 g/mol. The molecule has 0 aliphatic carbocycles. The minimum Gasteiger partial charge on any atom is -0.392 e. The summed E-state index contributed by atoms with van der Waals surface area (Å²) in [5.41, 5.74) is 2.49. The van der Waals surface area contributed by atoms with Gasteiger partial charge in [0.15, 0.2) is 0 Å². The highest BCUT2D eigenvalue weighted by Gasteiger charge is 2.03. The van der Waals surface area contributed by atoms with Gasteiger partial charge in [-0.25, -0.2) is 0 Å². The van der Waals surface area contributed by atoms with Gasteiger partial charge in [0, 0.05) is 11.1 Å². The number of H-pyrrole nitrogens is 1. The Balaban J connectivity index is 2.16. The molecule has 0 aliphatic heterocycles. The number of aliphatic hydroxyl groups is 1. The molecule has 0 spiro atoms. The molecule has 0 amide bonds. The van der Waals surface area contributed by atoms with E-state index in [9.17, 15) is 4.79 Å². The molecule has 0 radical (unpaired) electrons. The van der Waals surface area contributed by atoms with E-state index in [1.165, 1.54) is 0 Å². The van der Waals surface area contributed by atoms with Gasteiger partial charge in [-0.2, -0.15) is 0 Å². The van der Waals surface area contributed by atoms with Crippen molar-refractivity contribution in [1.29, 1.82) is 0 Å². The van der Waals surface area contributed by atoms with Crippen LogP contribution in [0, 0.1) is 0 Å². The molecule has 0 bridgehead atoms. The Morgan fingerprint density at radius 1 is 1.00 bits per heavy atom. The monoisotopic (exact) mass is 251 g/mol. The molecule has 1 heterocycles. The zero-order chi connectivity index (χ0) is 13.2. The molecule has 0 aliphatic rings. The topological polar surface area (TPSA) is 53.1 Å². The third kappa shape index (κ3) is 2.16. The summed E-state index contributed by atoms with van der Waals surface area (Å²) < 4.78 is 0. The van der Waals surface area contributed by atoms with Gasteiger partial charge in [-0.3, -0.25) is 4.79 Å². The number of hydrogen-bond donors (Lipinski definition) is 2. The Labute approximate surface area is 110 Å². The van der Waals surface area contributed by atoms with Gasteiger partial charge >= 0.3 is 0 Å². The van der Waals surface area contributed by atoms with E-state index < -0.39 is 0 Å². The van der Waals surface area contributed by atoms with Crippen molar-refractivity contribution >= 4 is 10.8 Å². The lowest BCUT2D eigenvalue weighted by molar-refractivity contribution is 0.282. The summed E-state index contributed by atoms with van der Waals surface area (Å²) in [7, 11) is 0. The highest BCUT2D eigenvalue weighted by atomic mass is 16.3. The Bertz CT molecular complexity index is 773. The van der Waals surface area contributed by atoms with Gasteiger partial charge in [0.2, 0.25) is 0 Å². The van der Waals surface area contributed by atoms with Crippen LogP contribution >= 0.6 is 0 Å². The normalized spacial score (nSPS) is 10.8. The standard InChI is InChI=1S/C16H13NO2/c18-10-11-5-7-12(8-6-11)15-9-13-3-1-2-4-14(13)16(19)17-15/h1-9,18H,10H2,(H,17,19). The van der Waals surface area contributed by atoms with Gasteiger partial charge in [-0.1, -0.05) is 42.5 Å². The Morgan fingerprint density at radius 2 is 1.74 bits per heavy atom. The van der Waals surface area contributed by atoms with Crippen LogP contribution in [0.25, 0.3) is 22.0 Å². The molecule has 0 saturated heterocycles. The van der Waals surface area contributed by atoms with Crippen molar-refractivity contribution in [3.63, 3.8) is 0 Å². The van der Waals surface area contributed by atoms with Gasteiger partial charge in [0.05, 0.1) is 6.61 Å². The lowest BCUT2D eigenvalue weighted by Gasteiger charge is -2.05. The number of aromatic nitrogens is 1. The molecule has 3 aromatic rings. The average Bonchev–Trinajstić information content (AvgIpc) is 2.47. The van der Waals surface area contributed by atoms with Crippen LogP contribution < -0.4 is 5.56 Å². The van der Waals surface area contributed by atoms with Crippen LogP contribution in [0.5, 0.6) is 0 Å². The quantitative estimate of drug-likeness (QED) is 0.735. The van der Waals surface area contributed by atoms with E-state index >= 15 is 0 Å². The van der Waals surface area contributed by atoms with Gasteiger partial charge in [0.25, 0.3) is 5.56 Å². The van der Waals surface area contributed by atoms with Gasteiger partial charge in [-0.05, 0) is 28.6 Å². The summed E-state index contributed by atoms with van der Waals surface area (Å²) in [5.74, 6) is 0. The minimum absolute atomic E-state index is 0.0223. The molecule has 1 aromatic heterocycles. The number of fused-ring (bicyclic) bond motifs is 1. The lowest BCUT2D eigenvalue weighted by Crippen LogP contribution is -2.06. The molecule has 3 nitrogen and oxygen atoms in total. The van der Waals surface area contributed by atoms with Crippen LogP contribution in [0.4, 0.5) is 0 Å². The first-order chi connectivity index (χ1) is 9.28. The number of rotatable bonds is 2. The second-order valence-corrected chi connectivity index (χ2v) is 4.45. The molecule has 0 unspecified atom stereocenters. The molecule has 3 rings (SSSR count). The molecule has 0 atom stereocenters. The molecule has 19 heavy (non-hydrogen) atoms. The predicted octanol–water partition coefficient (Wildman–Crippen LogP) is 2.69. The van der Waals surface area contributed by atoms with E-state index in [0.29, 0.717) is 5.39 Å². The van der Waals surface area contributed by atoms with Crippen molar-refractivity contribution in [2.75, 3.05) is 0 Å².